The van der Waals surface area contributed by atoms with Gasteiger partial charge in [0, 0.05) is 22.1 Å². The maximum absolute atomic E-state index is 13.2. The Bertz CT molecular complexity index is 1260. The number of thioether (sulfide) groups is 1. The zero-order chi connectivity index (χ0) is 24.1. The minimum atomic E-state index is -0.705. The quantitative estimate of drug-likeness (QED) is 0.310. The normalized spacial score (nSPS) is 17.0. The number of hydrogen-bond donors (Lipinski definition) is 3. The zero-order valence-corrected chi connectivity index (χ0v) is 20.0. The van der Waals surface area contributed by atoms with Crippen LogP contribution < -0.4 is 10.2 Å². The van der Waals surface area contributed by atoms with Gasteiger partial charge in [-0.15, -0.1) is 5.10 Å². The summed E-state index contributed by atoms with van der Waals surface area (Å²) in [5, 5.41) is 30.1. The maximum Gasteiger partial charge on any atom is 0.247 e. The van der Waals surface area contributed by atoms with E-state index >= 15 is 0 Å². The first kappa shape index (κ1) is 23.5. The lowest BCUT2D eigenvalue weighted by Gasteiger charge is -2.16. The number of nitrogens with zero attached hydrogens (tertiary/aromatic N) is 3. The number of carbonyl (C=O) groups excluding carboxylic acids is 2. The van der Waals surface area contributed by atoms with Crippen LogP contribution in [0, 0.1) is 0 Å². The van der Waals surface area contributed by atoms with Gasteiger partial charge in [0.25, 0.3) is 0 Å². The van der Waals surface area contributed by atoms with Crippen LogP contribution in [0.2, 0.25) is 0 Å². The van der Waals surface area contributed by atoms with E-state index in [1.54, 1.807) is 42.5 Å². The van der Waals surface area contributed by atoms with Gasteiger partial charge in [0.15, 0.2) is 5.17 Å². The molecule has 172 valence electrons. The van der Waals surface area contributed by atoms with Crippen LogP contribution in [-0.2, 0) is 9.59 Å². The second-order valence-electron chi connectivity index (χ2n) is 7.24. The van der Waals surface area contributed by atoms with Crippen molar-refractivity contribution in [3.8, 4) is 11.5 Å². The third-order valence-corrected chi connectivity index (χ3v) is 6.47. The molecule has 3 aromatic carbocycles. The summed E-state index contributed by atoms with van der Waals surface area (Å²) in [6, 6.07) is 19.9. The summed E-state index contributed by atoms with van der Waals surface area (Å²) in [5.41, 5.74) is 1.59. The molecule has 1 aliphatic rings. The zero-order valence-electron chi connectivity index (χ0n) is 17.6. The SMILES string of the molecule is O=C(CC1S/C(=N/N=C/c2ccccc2O)N(c2ccc(O)cc2)C1=O)Nc1ccc(Br)cc1. The highest BCUT2D eigenvalue weighted by Crippen LogP contribution is 2.34. The molecule has 1 atom stereocenters. The van der Waals surface area contributed by atoms with Crippen LogP contribution in [0.4, 0.5) is 11.4 Å². The summed E-state index contributed by atoms with van der Waals surface area (Å²) in [5.74, 6) is -0.514. The van der Waals surface area contributed by atoms with Crippen molar-refractivity contribution in [2.24, 2.45) is 10.2 Å². The lowest BCUT2D eigenvalue weighted by molar-refractivity contribution is -0.121. The summed E-state index contributed by atoms with van der Waals surface area (Å²) in [4.78, 5) is 27.2. The molecular weight excluding hydrogens is 520 g/mol. The molecule has 1 aliphatic heterocycles. The van der Waals surface area contributed by atoms with Crippen LogP contribution in [0.25, 0.3) is 0 Å². The molecule has 1 saturated heterocycles. The number of benzene rings is 3. The molecule has 8 nitrogen and oxygen atoms in total. The van der Waals surface area contributed by atoms with E-state index in [-0.39, 0.29) is 34.9 Å². The number of para-hydroxylation sites is 1. The molecule has 1 fully saturated rings. The first-order chi connectivity index (χ1) is 16.4. The van der Waals surface area contributed by atoms with Gasteiger partial charge in [0.2, 0.25) is 11.8 Å². The maximum atomic E-state index is 13.2. The number of amides is 2. The van der Waals surface area contributed by atoms with Crippen molar-refractivity contribution in [2.75, 3.05) is 10.2 Å². The molecule has 0 saturated carbocycles. The number of nitrogens with one attached hydrogen (secondary N) is 1. The Hall–Kier alpha value is -3.63. The van der Waals surface area contributed by atoms with Gasteiger partial charge in [-0.1, -0.05) is 39.8 Å². The number of phenolic OH excluding ortho intramolecular Hbond substituents is 2. The van der Waals surface area contributed by atoms with E-state index in [1.807, 2.05) is 12.1 Å². The summed E-state index contributed by atoms with van der Waals surface area (Å²) < 4.78 is 0.891. The van der Waals surface area contributed by atoms with E-state index in [1.165, 1.54) is 29.3 Å². The highest BCUT2D eigenvalue weighted by molar-refractivity contribution is 9.10. The van der Waals surface area contributed by atoms with Crippen LogP contribution in [0.3, 0.4) is 0 Å². The van der Waals surface area contributed by atoms with Crippen molar-refractivity contribution in [2.45, 2.75) is 11.7 Å². The Morgan fingerprint density at radius 2 is 1.76 bits per heavy atom. The molecule has 34 heavy (non-hydrogen) atoms. The van der Waals surface area contributed by atoms with Crippen LogP contribution >= 0.6 is 27.7 Å². The Morgan fingerprint density at radius 3 is 2.47 bits per heavy atom. The standard InChI is InChI=1S/C24H19BrN4O4S/c25-16-5-7-17(8-6-16)27-22(32)13-21-23(33)29(18-9-11-19(30)12-10-18)24(34-21)28-26-14-15-3-1-2-4-20(15)31/h1-12,14,21,30-31H,13H2,(H,27,32)/b26-14+,28-24+. The largest absolute Gasteiger partial charge is 0.508 e. The highest BCUT2D eigenvalue weighted by Gasteiger charge is 2.40. The van der Waals surface area contributed by atoms with Crippen molar-refractivity contribution in [1.29, 1.82) is 0 Å². The Balaban J connectivity index is 1.55. The number of phenols is 2. The number of carbonyl (C=O) groups is 2. The van der Waals surface area contributed by atoms with Gasteiger partial charge in [0.1, 0.15) is 16.7 Å². The average Bonchev–Trinajstić information content (AvgIpc) is 3.12. The number of anilines is 2. The molecule has 2 amide bonds. The summed E-state index contributed by atoms with van der Waals surface area (Å²) >= 11 is 4.48. The number of rotatable bonds is 6. The van der Waals surface area contributed by atoms with E-state index in [0.717, 1.165) is 16.2 Å². The second kappa shape index (κ2) is 10.5. The summed E-state index contributed by atoms with van der Waals surface area (Å²) in [6.07, 6.45) is 1.33. The van der Waals surface area contributed by atoms with E-state index in [4.69, 9.17) is 0 Å². The minimum absolute atomic E-state index is 0.0551. The smallest absolute Gasteiger partial charge is 0.247 e. The lowest BCUT2D eigenvalue weighted by atomic mass is 10.2. The van der Waals surface area contributed by atoms with Gasteiger partial charge in [-0.2, -0.15) is 5.10 Å². The minimum Gasteiger partial charge on any atom is -0.508 e. The molecule has 1 unspecified atom stereocenters. The van der Waals surface area contributed by atoms with Gasteiger partial charge in [-0.25, -0.2) is 0 Å². The molecule has 0 spiro atoms. The van der Waals surface area contributed by atoms with Crippen molar-refractivity contribution in [3.63, 3.8) is 0 Å². The first-order valence-corrected chi connectivity index (χ1v) is 11.8. The van der Waals surface area contributed by atoms with Gasteiger partial charge < -0.3 is 15.5 Å². The monoisotopic (exact) mass is 538 g/mol. The molecule has 4 rings (SSSR count). The number of hydrogen-bond acceptors (Lipinski definition) is 7. The molecular formula is C24H19BrN4O4S. The van der Waals surface area contributed by atoms with E-state index in [0.29, 0.717) is 16.9 Å². The fourth-order valence-electron chi connectivity index (χ4n) is 3.16. The van der Waals surface area contributed by atoms with Crippen molar-refractivity contribution in [3.05, 3.63) is 82.8 Å². The molecule has 3 N–H and O–H groups in total. The van der Waals surface area contributed by atoms with Crippen LogP contribution in [-0.4, -0.2) is 38.7 Å². The molecule has 1 heterocycles. The van der Waals surface area contributed by atoms with Gasteiger partial charge in [0.05, 0.1) is 11.9 Å². The lowest BCUT2D eigenvalue weighted by Crippen LogP contribution is -2.33. The van der Waals surface area contributed by atoms with Crippen molar-refractivity contribution in [1.82, 2.24) is 0 Å². The number of amidine groups is 1. The van der Waals surface area contributed by atoms with E-state index in [9.17, 15) is 19.8 Å². The fraction of sp³-hybridized carbons (Fsp3) is 0.0833. The Morgan fingerprint density at radius 1 is 1.06 bits per heavy atom. The molecule has 10 heteroatoms. The molecule has 3 aromatic rings. The molecule has 0 bridgehead atoms. The third-order valence-electron chi connectivity index (χ3n) is 4.82. The Labute approximate surface area is 208 Å². The fourth-order valence-corrected chi connectivity index (χ4v) is 4.51. The van der Waals surface area contributed by atoms with Gasteiger partial charge in [-0.05, 0) is 60.7 Å². The topological polar surface area (TPSA) is 115 Å². The third kappa shape index (κ3) is 5.64. The van der Waals surface area contributed by atoms with Crippen LogP contribution in [0.1, 0.15) is 12.0 Å². The van der Waals surface area contributed by atoms with Crippen molar-refractivity contribution >= 4 is 62.3 Å². The number of aromatic hydroxyl groups is 2. The summed E-state index contributed by atoms with van der Waals surface area (Å²) in [6.45, 7) is 0. The Kier molecular flexibility index (Phi) is 7.29. The highest BCUT2D eigenvalue weighted by atomic mass is 79.9. The average molecular weight is 539 g/mol. The van der Waals surface area contributed by atoms with Crippen molar-refractivity contribution < 1.29 is 19.8 Å². The van der Waals surface area contributed by atoms with E-state index < -0.39 is 5.25 Å². The summed E-state index contributed by atoms with van der Waals surface area (Å²) in [7, 11) is 0. The predicted octanol–water partition coefficient (Wildman–Crippen LogP) is 4.73. The van der Waals surface area contributed by atoms with Crippen LogP contribution in [0.15, 0.2) is 87.5 Å². The molecule has 0 aromatic heterocycles. The van der Waals surface area contributed by atoms with Crippen LogP contribution in [0.5, 0.6) is 11.5 Å². The molecule has 0 radical (unpaired) electrons. The van der Waals surface area contributed by atoms with Gasteiger partial charge in [-0.3, -0.25) is 14.5 Å². The number of halogens is 1. The first-order valence-electron chi connectivity index (χ1n) is 10.1. The second-order valence-corrected chi connectivity index (χ2v) is 9.33. The molecule has 0 aliphatic carbocycles. The van der Waals surface area contributed by atoms with Gasteiger partial charge >= 0.3 is 0 Å². The van der Waals surface area contributed by atoms with E-state index in [2.05, 4.69) is 31.4 Å². The predicted molar refractivity (Wildman–Crippen MR) is 137 cm³/mol.